The van der Waals surface area contributed by atoms with Gasteiger partial charge in [0.1, 0.15) is 5.78 Å². The maximum atomic E-state index is 13.5. The highest BCUT2D eigenvalue weighted by molar-refractivity contribution is 6.47. The average molecular weight is 536 g/mol. The second-order valence-electron chi connectivity index (χ2n) is 12.3. The molecular formula is C25H45BN6O6. The number of hydrogen-bond donors (Lipinski definition) is 4. The standard InChI is InChI=1S/C25H45BN6O6/c1-15(2)11-21(26-37-20-14-17-13-19(24(17,3)4)25(20,5)38-26)30-22(34)16(12-18(33)8-9-27)7-6-10-29-23(28)31-32(35)36/h15-17,19-21H,6-14,27H2,1-5H3,(H,30,34)(H3,28,29,31)/t16-,17+,19+,20-,21+,25+/m1/s1. The lowest BCUT2D eigenvalue weighted by Gasteiger charge is -2.64. The van der Waals surface area contributed by atoms with Crippen molar-refractivity contribution in [3.8, 4) is 0 Å². The van der Waals surface area contributed by atoms with E-state index in [0.29, 0.717) is 31.1 Å². The molecule has 6 N–H and O–H groups in total. The number of ketones is 1. The van der Waals surface area contributed by atoms with Crippen molar-refractivity contribution in [2.45, 2.75) is 97.2 Å². The first-order chi connectivity index (χ1) is 17.8. The maximum Gasteiger partial charge on any atom is 0.481 e. The van der Waals surface area contributed by atoms with Crippen LogP contribution < -0.4 is 22.2 Å². The van der Waals surface area contributed by atoms with Gasteiger partial charge in [0.25, 0.3) is 5.96 Å². The molecule has 4 rings (SSSR count). The third kappa shape index (κ3) is 6.84. The number of hydrogen-bond acceptors (Lipinski definition) is 8. The van der Waals surface area contributed by atoms with E-state index in [1.165, 1.54) is 0 Å². The molecule has 1 amide bonds. The zero-order valence-corrected chi connectivity index (χ0v) is 23.4. The summed E-state index contributed by atoms with van der Waals surface area (Å²) in [5.74, 6) is -0.237. The average Bonchev–Trinajstić information content (AvgIpc) is 3.17. The molecule has 1 aliphatic heterocycles. The zero-order valence-electron chi connectivity index (χ0n) is 23.4. The molecule has 0 aromatic rings. The molecule has 6 atom stereocenters. The van der Waals surface area contributed by atoms with Gasteiger partial charge in [0.15, 0.2) is 5.03 Å². The largest absolute Gasteiger partial charge is 0.481 e. The third-order valence-corrected chi connectivity index (χ3v) is 8.82. The van der Waals surface area contributed by atoms with Gasteiger partial charge in [0.05, 0.1) is 17.6 Å². The van der Waals surface area contributed by atoms with Crippen LogP contribution in [0.1, 0.15) is 79.6 Å². The molecule has 0 aromatic carbocycles. The van der Waals surface area contributed by atoms with Gasteiger partial charge >= 0.3 is 7.12 Å². The Morgan fingerprint density at radius 2 is 1.97 bits per heavy atom. The molecule has 4 aliphatic rings. The number of carbonyl (C=O) groups is 2. The summed E-state index contributed by atoms with van der Waals surface area (Å²) >= 11 is 0. The van der Waals surface area contributed by atoms with Crippen molar-refractivity contribution in [3.63, 3.8) is 0 Å². The first-order valence-electron chi connectivity index (χ1n) is 13.8. The predicted molar refractivity (Wildman–Crippen MR) is 144 cm³/mol. The summed E-state index contributed by atoms with van der Waals surface area (Å²) < 4.78 is 13.1. The number of aliphatic imine (C=N–C) groups is 1. The van der Waals surface area contributed by atoms with Gasteiger partial charge in [-0.25, -0.2) is 15.1 Å². The number of guanidine groups is 1. The van der Waals surface area contributed by atoms with E-state index >= 15 is 0 Å². The number of Topliss-reactive ketones (excluding diaryl/α,β-unsaturated/α-hetero) is 1. The molecule has 12 nitrogen and oxygen atoms in total. The van der Waals surface area contributed by atoms with Crippen LogP contribution in [0.5, 0.6) is 0 Å². The van der Waals surface area contributed by atoms with Gasteiger partial charge in [-0.1, -0.05) is 33.1 Å². The number of amides is 1. The second-order valence-corrected chi connectivity index (χ2v) is 12.3. The minimum atomic E-state index is -0.788. The van der Waals surface area contributed by atoms with Crippen molar-refractivity contribution in [1.29, 1.82) is 0 Å². The van der Waals surface area contributed by atoms with E-state index in [2.05, 4.69) is 44.9 Å². The van der Waals surface area contributed by atoms with E-state index in [4.69, 9.17) is 20.8 Å². The number of nitrogens with zero attached hydrogens (tertiary/aromatic N) is 2. The Morgan fingerprint density at radius 1 is 1.26 bits per heavy atom. The van der Waals surface area contributed by atoms with Crippen LogP contribution in [0.3, 0.4) is 0 Å². The highest BCUT2D eigenvalue weighted by atomic mass is 16.7. The molecule has 0 radical (unpaired) electrons. The summed E-state index contributed by atoms with van der Waals surface area (Å²) in [6.45, 7) is 11.4. The number of nitro groups is 1. The van der Waals surface area contributed by atoms with Crippen molar-refractivity contribution in [3.05, 3.63) is 10.1 Å². The van der Waals surface area contributed by atoms with Gasteiger partial charge in [-0.05, 0) is 68.7 Å². The van der Waals surface area contributed by atoms with Crippen LogP contribution in [0.4, 0.5) is 0 Å². The molecule has 1 saturated heterocycles. The summed E-state index contributed by atoms with van der Waals surface area (Å²) in [5.41, 5.74) is 12.6. The number of hydrazine groups is 1. The minimum Gasteiger partial charge on any atom is -0.404 e. The molecule has 0 unspecified atom stereocenters. The normalized spacial score (nSPS) is 29.3. The van der Waals surface area contributed by atoms with E-state index in [9.17, 15) is 19.7 Å². The van der Waals surface area contributed by atoms with Gasteiger partial charge in [-0.3, -0.25) is 9.59 Å². The van der Waals surface area contributed by atoms with Crippen molar-refractivity contribution in [1.82, 2.24) is 10.7 Å². The van der Waals surface area contributed by atoms with E-state index < -0.39 is 18.1 Å². The highest BCUT2D eigenvalue weighted by Crippen LogP contribution is 2.65. The van der Waals surface area contributed by atoms with Crippen LogP contribution in [-0.4, -0.2) is 60.5 Å². The van der Waals surface area contributed by atoms with Gasteiger partial charge in [0.2, 0.25) is 5.91 Å². The predicted octanol–water partition coefficient (Wildman–Crippen LogP) is 1.59. The van der Waals surface area contributed by atoms with Crippen molar-refractivity contribution >= 4 is 24.8 Å². The molecule has 214 valence electrons. The lowest BCUT2D eigenvalue weighted by atomic mass is 9.43. The topological polar surface area (TPSA) is 184 Å². The number of nitrogens with one attached hydrogen (secondary N) is 2. The molecule has 0 spiro atoms. The lowest BCUT2D eigenvalue weighted by molar-refractivity contribution is -0.525. The van der Waals surface area contributed by atoms with Crippen LogP contribution in [0.2, 0.25) is 0 Å². The van der Waals surface area contributed by atoms with Crippen molar-refractivity contribution in [2.75, 3.05) is 13.1 Å². The quantitative estimate of drug-likeness (QED) is 0.0639. The lowest BCUT2D eigenvalue weighted by Crippen LogP contribution is -2.65. The minimum absolute atomic E-state index is 0.00821. The van der Waals surface area contributed by atoms with Crippen LogP contribution in [0.15, 0.2) is 4.99 Å². The third-order valence-electron chi connectivity index (χ3n) is 8.82. The zero-order chi connectivity index (χ0) is 28.3. The Bertz CT molecular complexity index is 917. The Hall–Kier alpha value is -2.25. The fourth-order valence-electron chi connectivity index (χ4n) is 6.65. The SMILES string of the molecule is CC(C)C[C@H](NC(=O)[C@H](CCCN=C(N)N[N+](=O)[O-])CC(=O)CCN)B1O[C@@H]2C[C@@H]3C[C@@H](C3(C)C)[C@]2(C)O1. The molecule has 38 heavy (non-hydrogen) atoms. The maximum absolute atomic E-state index is 13.5. The molecule has 2 bridgehead atoms. The van der Waals surface area contributed by atoms with E-state index in [1.54, 1.807) is 5.43 Å². The smallest absolute Gasteiger partial charge is 0.404 e. The summed E-state index contributed by atoms with van der Waals surface area (Å²) in [6, 6.07) is 0. The van der Waals surface area contributed by atoms with Gasteiger partial charge < -0.3 is 26.1 Å². The van der Waals surface area contributed by atoms with E-state index in [-0.39, 0.29) is 72.6 Å². The van der Waals surface area contributed by atoms with Gasteiger partial charge in [-0.15, -0.1) is 0 Å². The Labute approximate surface area is 225 Å². The monoisotopic (exact) mass is 536 g/mol. The highest BCUT2D eigenvalue weighted by Gasteiger charge is 2.68. The second kappa shape index (κ2) is 12.3. The molecule has 3 saturated carbocycles. The first kappa shape index (κ1) is 30.3. The summed E-state index contributed by atoms with van der Waals surface area (Å²) in [4.78, 5) is 40.3. The first-order valence-corrected chi connectivity index (χ1v) is 13.8. The molecule has 4 fully saturated rings. The summed E-state index contributed by atoms with van der Waals surface area (Å²) in [5, 5.41) is 12.8. The summed E-state index contributed by atoms with van der Waals surface area (Å²) in [6.07, 6.45) is 3.85. The van der Waals surface area contributed by atoms with Crippen molar-refractivity contribution in [2.24, 2.45) is 45.5 Å². The Kier molecular flexibility index (Phi) is 9.80. The van der Waals surface area contributed by atoms with Crippen molar-refractivity contribution < 1.29 is 23.9 Å². The fourth-order valence-corrected chi connectivity index (χ4v) is 6.65. The number of nitrogens with two attached hydrogens (primary N) is 2. The number of carbonyl (C=O) groups excluding carboxylic acids is 2. The Morgan fingerprint density at radius 3 is 2.58 bits per heavy atom. The van der Waals surface area contributed by atoms with Crippen LogP contribution in [0, 0.1) is 39.2 Å². The van der Waals surface area contributed by atoms with E-state index in [0.717, 1.165) is 12.8 Å². The molecule has 0 aromatic heterocycles. The number of rotatable bonds is 14. The molecule has 1 heterocycles. The van der Waals surface area contributed by atoms with Gasteiger partial charge in [0, 0.05) is 25.3 Å². The summed E-state index contributed by atoms with van der Waals surface area (Å²) in [7, 11) is -0.551. The van der Waals surface area contributed by atoms with E-state index in [1.807, 2.05) is 0 Å². The Balaban J connectivity index is 1.67. The van der Waals surface area contributed by atoms with Gasteiger partial charge in [-0.2, -0.15) is 0 Å². The van der Waals surface area contributed by atoms with Crippen LogP contribution in [-0.2, 0) is 18.9 Å². The van der Waals surface area contributed by atoms with Crippen LogP contribution in [0.25, 0.3) is 0 Å². The molecule has 3 aliphatic carbocycles. The fraction of sp³-hybridized carbons (Fsp3) is 0.880. The molecule has 13 heteroatoms. The molecular weight excluding hydrogens is 491 g/mol. The van der Waals surface area contributed by atoms with Crippen LogP contribution >= 0.6 is 0 Å².